The molecule has 0 aliphatic rings. The Kier molecular flexibility index (Phi) is 2.98. The molecule has 1 nitrogen and oxygen atoms in total. The van der Waals surface area contributed by atoms with E-state index in [1.54, 1.807) is 19.9 Å². The largest absolute Gasteiger partial charge is 0.203 e. The first kappa shape index (κ1) is 10.4. The number of hydrogen-bond acceptors (Lipinski definition) is 1. The average molecular weight is 193 g/mol. The number of rotatable bonds is 1. The summed E-state index contributed by atoms with van der Waals surface area (Å²) in [6.45, 7) is 3.57. The molecule has 0 aliphatic carbocycles. The molecule has 0 saturated carbocycles. The number of hydrogen-bond donors (Lipinski definition) is 0. The Bertz CT molecular complexity index is 424. The highest BCUT2D eigenvalue weighted by molar-refractivity contribution is 5.54. The highest BCUT2D eigenvalue weighted by Crippen LogP contribution is 2.18. The van der Waals surface area contributed by atoms with Gasteiger partial charge in [0.05, 0.1) is 5.56 Å². The van der Waals surface area contributed by atoms with Gasteiger partial charge in [-0.1, -0.05) is 17.7 Å². The van der Waals surface area contributed by atoms with Gasteiger partial charge in [-0.2, -0.15) is 5.26 Å². The van der Waals surface area contributed by atoms with Crippen LogP contribution in [-0.4, -0.2) is 0 Å². The predicted molar refractivity (Wildman–Crippen MR) is 50.4 cm³/mol. The normalized spacial score (nSPS) is 9.36. The highest BCUT2D eigenvalue weighted by atomic mass is 19.2. The van der Waals surface area contributed by atoms with E-state index in [2.05, 4.69) is 0 Å². The summed E-state index contributed by atoms with van der Waals surface area (Å²) < 4.78 is 26.3. The van der Waals surface area contributed by atoms with E-state index in [1.165, 1.54) is 18.2 Å². The fourth-order valence-electron chi connectivity index (χ4n) is 1.07. The lowest BCUT2D eigenvalue weighted by Crippen LogP contribution is -1.93. The second kappa shape index (κ2) is 4.01. The zero-order valence-corrected chi connectivity index (χ0v) is 7.94. The quantitative estimate of drug-likeness (QED) is 0.671. The van der Waals surface area contributed by atoms with E-state index in [0.29, 0.717) is 0 Å². The number of nitriles is 1. The van der Waals surface area contributed by atoms with Crippen LogP contribution in [0.5, 0.6) is 0 Å². The minimum Gasteiger partial charge on any atom is -0.203 e. The summed E-state index contributed by atoms with van der Waals surface area (Å²) in [5.41, 5.74) is 0.767. The number of nitrogens with zero attached hydrogens (tertiary/aromatic N) is 1. The Labute approximate surface area is 81.3 Å². The van der Waals surface area contributed by atoms with Crippen LogP contribution < -0.4 is 0 Å². The third-order valence-corrected chi connectivity index (χ3v) is 1.68. The Morgan fingerprint density at radius 2 is 1.93 bits per heavy atom. The fraction of sp³-hybridized carbons (Fsp3) is 0.182. The van der Waals surface area contributed by atoms with Gasteiger partial charge in [0.25, 0.3) is 0 Å². The molecule has 0 atom stereocenters. The Morgan fingerprint density at radius 1 is 1.29 bits per heavy atom. The lowest BCUT2D eigenvalue weighted by Gasteiger charge is -2.00. The van der Waals surface area contributed by atoms with Crippen molar-refractivity contribution >= 4 is 6.08 Å². The van der Waals surface area contributed by atoms with Crippen LogP contribution in [0.25, 0.3) is 6.08 Å². The van der Waals surface area contributed by atoms with Crippen molar-refractivity contribution in [3.05, 3.63) is 40.5 Å². The molecule has 0 spiro atoms. The zero-order chi connectivity index (χ0) is 10.7. The van der Waals surface area contributed by atoms with Crippen LogP contribution in [0.2, 0.25) is 0 Å². The first-order valence-corrected chi connectivity index (χ1v) is 4.09. The Morgan fingerprint density at radius 3 is 2.43 bits per heavy atom. The van der Waals surface area contributed by atoms with Gasteiger partial charge >= 0.3 is 0 Å². The van der Waals surface area contributed by atoms with Gasteiger partial charge in [0.2, 0.25) is 0 Å². The van der Waals surface area contributed by atoms with E-state index >= 15 is 0 Å². The molecular formula is C11H9F2N. The molecule has 0 bridgehead atoms. The smallest absolute Gasteiger partial charge is 0.177 e. The third-order valence-electron chi connectivity index (χ3n) is 1.68. The second-order valence-corrected chi connectivity index (χ2v) is 3.16. The van der Waals surface area contributed by atoms with Crippen LogP contribution in [0.1, 0.15) is 25.0 Å². The Hall–Kier alpha value is -1.69. The van der Waals surface area contributed by atoms with Gasteiger partial charge in [0.1, 0.15) is 6.07 Å². The van der Waals surface area contributed by atoms with Gasteiger partial charge < -0.3 is 0 Å². The van der Waals surface area contributed by atoms with Crippen LogP contribution in [0.15, 0.2) is 17.7 Å². The van der Waals surface area contributed by atoms with Crippen LogP contribution in [0.4, 0.5) is 8.78 Å². The van der Waals surface area contributed by atoms with E-state index in [1.807, 2.05) is 0 Å². The molecule has 0 aliphatic heterocycles. The maximum Gasteiger partial charge on any atom is 0.177 e. The first-order chi connectivity index (χ1) is 6.56. The minimum absolute atomic E-state index is 0.168. The van der Waals surface area contributed by atoms with Gasteiger partial charge in [-0.05, 0) is 19.9 Å². The molecule has 1 aromatic carbocycles. The molecular weight excluding hydrogens is 184 g/mol. The van der Waals surface area contributed by atoms with Crippen molar-refractivity contribution < 1.29 is 8.78 Å². The van der Waals surface area contributed by atoms with Crippen molar-refractivity contribution in [3.63, 3.8) is 0 Å². The molecule has 0 unspecified atom stereocenters. The van der Waals surface area contributed by atoms with E-state index in [4.69, 9.17) is 5.26 Å². The van der Waals surface area contributed by atoms with Crippen LogP contribution in [0.3, 0.4) is 0 Å². The fourth-order valence-corrected chi connectivity index (χ4v) is 1.07. The SMILES string of the molecule is CC(C)=Cc1ccc(C#N)c(F)c1F. The van der Waals surface area contributed by atoms with Crippen molar-refractivity contribution in [1.82, 2.24) is 0 Å². The molecule has 14 heavy (non-hydrogen) atoms. The van der Waals surface area contributed by atoms with Gasteiger partial charge in [0.15, 0.2) is 11.6 Å². The maximum absolute atomic E-state index is 13.2. The van der Waals surface area contributed by atoms with Crippen molar-refractivity contribution in [3.8, 4) is 6.07 Å². The third kappa shape index (κ3) is 1.97. The topological polar surface area (TPSA) is 23.8 Å². The summed E-state index contributed by atoms with van der Waals surface area (Å²) >= 11 is 0. The number of benzene rings is 1. The highest BCUT2D eigenvalue weighted by Gasteiger charge is 2.11. The second-order valence-electron chi connectivity index (χ2n) is 3.16. The molecule has 1 rings (SSSR count). The number of allylic oxidation sites excluding steroid dienone is 1. The maximum atomic E-state index is 13.2. The molecule has 0 radical (unpaired) electrons. The minimum atomic E-state index is -1.08. The molecule has 0 amide bonds. The molecule has 0 heterocycles. The van der Waals surface area contributed by atoms with Crippen LogP contribution in [-0.2, 0) is 0 Å². The van der Waals surface area contributed by atoms with Crippen LogP contribution >= 0.6 is 0 Å². The van der Waals surface area contributed by atoms with E-state index in [0.717, 1.165) is 5.57 Å². The summed E-state index contributed by atoms with van der Waals surface area (Å²) in [6, 6.07) is 4.24. The zero-order valence-electron chi connectivity index (χ0n) is 7.94. The summed E-state index contributed by atoms with van der Waals surface area (Å²) in [4.78, 5) is 0. The summed E-state index contributed by atoms with van der Waals surface area (Å²) in [5.74, 6) is -2.05. The molecule has 0 fully saturated rings. The molecule has 0 N–H and O–H groups in total. The van der Waals surface area contributed by atoms with Crippen molar-refractivity contribution in [2.24, 2.45) is 0 Å². The monoisotopic (exact) mass is 193 g/mol. The summed E-state index contributed by atoms with van der Waals surface area (Å²) in [7, 11) is 0. The summed E-state index contributed by atoms with van der Waals surface area (Å²) in [6.07, 6.45) is 1.53. The molecule has 1 aromatic rings. The molecule has 3 heteroatoms. The summed E-state index contributed by atoms with van der Waals surface area (Å²) in [5, 5.41) is 8.44. The first-order valence-electron chi connectivity index (χ1n) is 4.09. The average Bonchev–Trinajstić information content (AvgIpc) is 2.13. The van der Waals surface area contributed by atoms with E-state index in [-0.39, 0.29) is 11.1 Å². The van der Waals surface area contributed by atoms with Crippen LogP contribution in [0, 0.1) is 23.0 Å². The molecule has 72 valence electrons. The number of halogens is 2. The molecule has 0 saturated heterocycles. The van der Waals surface area contributed by atoms with Gasteiger partial charge in [-0.3, -0.25) is 0 Å². The van der Waals surface area contributed by atoms with E-state index < -0.39 is 11.6 Å². The van der Waals surface area contributed by atoms with Gasteiger partial charge in [-0.25, -0.2) is 8.78 Å². The van der Waals surface area contributed by atoms with Crippen molar-refractivity contribution in [1.29, 1.82) is 5.26 Å². The lowest BCUT2D eigenvalue weighted by atomic mass is 10.1. The van der Waals surface area contributed by atoms with Crippen molar-refractivity contribution in [2.45, 2.75) is 13.8 Å². The van der Waals surface area contributed by atoms with E-state index in [9.17, 15) is 8.78 Å². The van der Waals surface area contributed by atoms with Gasteiger partial charge in [0, 0.05) is 5.56 Å². The predicted octanol–water partition coefficient (Wildman–Crippen LogP) is 3.26. The van der Waals surface area contributed by atoms with Gasteiger partial charge in [-0.15, -0.1) is 0 Å². The molecule has 0 aromatic heterocycles. The Balaban J connectivity index is 3.33. The van der Waals surface area contributed by atoms with Crippen molar-refractivity contribution in [2.75, 3.05) is 0 Å². The standard InChI is InChI=1S/C11H9F2N/c1-7(2)5-8-3-4-9(6-14)11(13)10(8)12/h3-5H,1-2H3. The lowest BCUT2D eigenvalue weighted by molar-refractivity contribution is 0.504.